The number of aromatic amines is 1. The van der Waals surface area contributed by atoms with E-state index in [0.29, 0.717) is 6.54 Å². The molecule has 0 amide bonds. The Bertz CT molecular complexity index is 460. The van der Waals surface area contributed by atoms with Gasteiger partial charge in [-0.25, -0.2) is 0 Å². The van der Waals surface area contributed by atoms with Gasteiger partial charge in [-0.05, 0) is 47.4 Å². The van der Waals surface area contributed by atoms with E-state index in [0.717, 1.165) is 10.9 Å². The Balaban J connectivity index is 2.71. The predicted octanol–water partition coefficient (Wildman–Crippen LogP) is 2.74. The zero-order valence-electron chi connectivity index (χ0n) is 8.10. The van der Waals surface area contributed by atoms with Crippen LogP contribution in [0.25, 0.3) is 10.9 Å². The van der Waals surface area contributed by atoms with Crippen molar-refractivity contribution in [1.29, 1.82) is 0 Å². The summed E-state index contributed by atoms with van der Waals surface area (Å²) in [4.78, 5) is 3.34. The largest absolute Gasteiger partial charge is 0.358 e. The number of benzene rings is 1. The molecule has 0 spiro atoms. The van der Waals surface area contributed by atoms with Crippen LogP contribution in [0.4, 0.5) is 0 Å². The Labute approximate surface area is 91.6 Å². The molecule has 0 aliphatic rings. The van der Waals surface area contributed by atoms with Gasteiger partial charge in [-0.1, -0.05) is 12.1 Å². The summed E-state index contributed by atoms with van der Waals surface area (Å²) >= 11 is 3.60. The summed E-state index contributed by atoms with van der Waals surface area (Å²) < 4.78 is 1.16. The number of rotatable bonds is 2. The van der Waals surface area contributed by atoms with Crippen LogP contribution in [-0.4, -0.2) is 11.5 Å². The van der Waals surface area contributed by atoms with E-state index in [1.807, 2.05) is 0 Å². The van der Waals surface area contributed by atoms with E-state index in [2.05, 4.69) is 46.0 Å². The van der Waals surface area contributed by atoms with Crippen molar-refractivity contribution in [2.75, 3.05) is 6.54 Å². The van der Waals surface area contributed by atoms with Crippen molar-refractivity contribution in [3.8, 4) is 0 Å². The molecule has 0 saturated heterocycles. The summed E-state index contributed by atoms with van der Waals surface area (Å²) in [5.74, 6) is 0. The highest BCUT2D eigenvalue weighted by atomic mass is 79.9. The molecule has 2 aromatic rings. The molecule has 0 aliphatic heterocycles. The van der Waals surface area contributed by atoms with Crippen molar-refractivity contribution >= 4 is 26.8 Å². The van der Waals surface area contributed by atoms with E-state index in [4.69, 9.17) is 5.73 Å². The fourth-order valence-corrected chi connectivity index (χ4v) is 2.34. The predicted molar refractivity (Wildman–Crippen MR) is 63.5 cm³/mol. The summed E-state index contributed by atoms with van der Waals surface area (Å²) in [7, 11) is 0. The molecule has 2 rings (SSSR count). The van der Waals surface area contributed by atoms with Gasteiger partial charge < -0.3 is 10.7 Å². The number of hydrogen-bond acceptors (Lipinski definition) is 1. The first-order valence-corrected chi connectivity index (χ1v) is 5.49. The average Bonchev–Trinajstić information content (AvgIpc) is 2.45. The van der Waals surface area contributed by atoms with Crippen LogP contribution in [-0.2, 0) is 6.42 Å². The zero-order valence-corrected chi connectivity index (χ0v) is 9.69. The van der Waals surface area contributed by atoms with Gasteiger partial charge in [0.15, 0.2) is 0 Å². The molecule has 0 saturated carbocycles. The van der Waals surface area contributed by atoms with Crippen molar-refractivity contribution in [2.24, 2.45) is 5.73 Å². The smallest absolute Gasteiger partial charge is 0.0470 e. The molecule has 1 heterocycles. The molecule has 74 valence electrons. The maximum absolute atomic E-state index is 5.58. The lowest BCUT2D eigenvalue weighted by molar-refractivity contribution is 0.977. The van der Waals surface area contributed by atoms with Crippen LogP contribution in [0.2, 0.25) is 0 Å². The molecular formula is C11H13BrN2. The lowest BCUT2D eigenvalue weighted by atomic mass is 10.1. The summed E-state index contributed by atoms with van der Waals surface area (Å²) in [6.45, 7) is 2.76. The van der Waals surface area contributed by atoms with E-state index in [9.17, 15) is 0 Å². The standard InChI is InChI=1S/C11H13BrN2/c1-7-11(12)10-8(5-6-13)3-2-4-9(10)14-7/h2-4,14H,5-6,13H2,1H3. The second-order valence-electron chi connectivity index (χ2n) is 3.44. The van der Waals surface area contributed by atoms with Gasteiger partial charge in [-0.2, -0.15) is 0 Å². The van der Waals surface area contributed by atoms with Gasteiger partial charge in [0.2, 0.25) is 0 Å². The van der Waals surface area contributed by atoms with Gasteiger partial charge >= 0.3 is 0 Å². The van der Waals surface area contributed by atoms with E-state index in [1.165, 1.54) is 22.2 Å². The Morgan fingerprint density at radius 1 is 1.43 bits per heavy atom. The fraction of sp³-hybridized carbons (Fsp3) is 0.273. The Morgan fingerprint density at radius 3 is 2.93 bits per heavy atom. The Hall–Kier alpha value is -0.800. The Kier molecular flexibility index (Phi) is 2.61. The van der Waals surface area contributed by atoms with E-state index >= 15 is 0 Å². The van der Waals surface area contributed by atoms with Crippen LogP contribution >= 0.6 is 15.9 Å². The number of nitrogens with two attached hydrogens (primary N) is 1. The zero-order chi connectivity index (χ0) is 10.1. The third kappa shape index (κ3) is 1.47. The topological polar surface area (TPSA) is 41.8 Å². The number of aromatic nitrogens is 1. The van der Waals surface area contributed by atoms with Gasteiger partial charge in [0.05, 0.1) is 0 Å². The van der Waals surface area contributed by atoms with Gasteiger partial charge in [0.25, 0.3) is 0 Å². The SMILES string of the molecule is Cc1[nH]c2cccc(CCN)c2c1Br. The highest BCUT2D eigenvalue weighted by Crippen LogP contribution is 2.30. The van der Waals surface area contributed by atoms with Crippen molar-refractivity contribution < 1.29 is 0 Å². The summed E-state index contributed by atoms with van der Waals surface area (Å²) in [6, 6.07) is 6.29. The first-order chi connectivity index (χ1) is 6.74. The minimum absolute atomic E-state index is 0.690. The highest BCUT2D eigenvalue weighted by Gasteiger charge is 2.08. The van der Waals surface area contributed by atoms with Crippen LogP contribution in [0.3, 0.4) is 0 Å². The number of H-pyrrole nitrogens is 1. The normalized spacial score (nSPS) is 11.1. The van der Waals surface area contributed by atoms with Crippen LogP contribution in [0.15, 0.2) is 22.7 Å². The van der Waals surface area contributed by atoms with Crippen molar-refractivity contribution in [3.63, 3.8) is 0 Å². The summed E-state index contributed by atoms with van der Waals surface area (Å²) in [5, 5.41) is 1.27. The number of nitrogens with one attached hydrogen (secondary N) is 1. The van der Waals surface area contributed by atoms with Gasteiger partial charge in [0.1, 0.15) is 0 Å². The summed E-state index contributed by atoms with van der Waals surface area (Å²) in [6.07, 6.45) is 0.924. The third-order valence-electron chi connectivity index (χ3n) is 2.44. The second-order valence-corrected chi connectivity index (χ2v) is 4.24. The van der Waals surface area contributed by atoms with Crippen LogP contribution in [0, 0.1) is 6.92 Å². The molecule has 0 unspecified atom stereocenters. The lowest BCUT2D eigenvalue weighted by Crippen LogP contribution is -2.02. The van der Waals surface area contributed by atoms with Crippen LogP contribution < -0.4 is 5.73 Å². The van der Waals surface area contributed by atoms with Gasteiger partial charge in [-0.3, -0.25) is 0 Å². The Morgan fingerprint density at radius 2 is 2.21 bits per heavy atom. The van der Waals surface area contributed by atoms with Crippen LogP contribution in [0.5, 0.6) is 0 Å². The van der Waals surface area contributed by atoms with Gasteiger partial charge in [-0.15, -0.1) is 0 Å². The number of halogens is 1. The minimum atomic E-state index is 0.690. The quantitative estimate of drug-likeness (QED) is 0.848. The van der Waals surface area contributed by atoms with Crippen molar-refractivity contribution in [1.82, 2.24) is 4.98 Å². The maximum Gasteiger partial charge on any atom is 0.0470 e. The molecule has 0 bridgehead atoms. The molecule has 1 aromatic carbocycles. The highest BCUT2D eigenvalue weighted by molar-refractivity contribution is 9.10. The van der Waals surface area contributed by atoms with Crippen LogP contribution in [0.1, 0.15) is 11.3 Å². The molecule has 1 aromatic heterocycles. The third-order valence-corrected chi connectivity index (χ3v) is 3.43. The molecule has 0 aliphatic carbocycles. The average molecular weight is 253 g/mol. The number of fused-ring (bicyclic) bond motifs is 1. The van der Waals surface area contributed by atoms with E-state index in [1.54, 1.807) is 0 Å². The van der Waals surface area contributed by atoms with Gasteiger partial charge in [0, 0.05) is 21.1 Å². The molecule has 3 heteroatoms. The molecule has 0 fully saturated rings. The summed E-state index contributed by atoms with van der Waals surface area (Å²) in [5.41, 5.74) is 9.24. The second kappa shape index (κ2) is 3.75. The van der Waals surface area contributed by atoms with Crippen molar-refractivity contribution in [2.45, 2.75) is 13.3 Å². The molecule has 0 radical (unpaired) electrons. The number of hydrogen-bond donors (Lipinski definition) is 2. The monoisotopic (exact) mass is 252 g/mol. The van der Waals surface area contributed by atoms with E-state index < -0.39 is 0 Å². The first-order valence-electron chi connectivity index (χ1n) is 4.69. The molecule has 0 atom stereocenters. The molecule has 2 nitrogen and oxygen atoms in total. The molecule has 3 N–H and O–H groups in total. The number of aryl methyl sites for hydroxylation is 1. The van der Waals surface area contributed by atoms with E-state index in [-0.39, 0.29) is 0 Å². The van der Waals surface area contributed by atoms with Crippen molar-refractivity contribution in [3.05, 3.63) is 33.9 Å². The molecule has 14 heavy (non-hydrogen) atoms. The lowest BCUT2D eigenvalue weighted by Gasteiger charge is -2.01. The fourth-order valence-electron chi connectivity index (χ4n) is 1.77. The molecular weight excluding hydrogens is 240 g/mol. The minimum Gasteiger partial charge on any atom is -0.358 e. The first kappa shape index (κ1) is 9.74. The maximum atomic E-state index is 5.58.